The van der Waals surface area contributed by atoms with Gasteiger partial charge in [0.05, 0.1) is 22.2 Å². The molecule has 4 aromatic rings. The van der Waals surface area contributed by atoms with E-state index in [9.17, 15) is 0 Å². The Morgan fingerprint density at radius 1 is 0.900 bits per heavy atom. The summed E-state index contributed by atoms with van der Waals surface area (Å²) in [5.41, 5.74) is 4.70. The Bertz CT molecular complexity index is 935. The largest absolute Gasteiger partial charge is 0.375 e. The molecular weight excluding hydrogens is 246 g/mol. The molecule has 0 N–H and O–H groups in total. The minimum Gasteiger partial charge on any atom is -0.375 e. The van der Waals surface area contributed by atoms with Crippen LogP contribution in [0.25, 0.3) is 27.3 Å². The third kappa shape index (κ3) is 1.37. The van der Waals surface area contributed by atoms with Crippen molar-refractivity contribution in [1.29, 1.82) is 0 Å². The predicted molar refractivity (Wildman–Crippen MR) is 84.5 cm³/mol. The third-order valence-electron chi connectivity index (χ3n) is 3.80. The van der Waals surface area contributed by atoms with Crippen LogP contribution in [0, 0.1) is 0 Å². The molecule has 4 rings (SSSR count). The summed E-state index contributed by atoms with van der Waals surface area (Å²) in [5, 5.41) is 2.45. The van der Waals surface area contributed by atoms with Crippen molar-refractivity contribution in [1.82, 2.24) is 9.38 Å². The molecule has 20 heavy (non-hydrogen) atoms. The smallest absolute Gasteiger partial charge is 0.100 e. The number of anilines is 1. The zero-order chi connectivity index (χ0) is 13.7. The summed E-state index contributed by atoms with van der Waals surface area (Å²) in [4.78, 5) is 6.76. The molecule has 0 aliphatic heterocycles. The van der Waals surface area contributed by atoms with Crippen molar-refractivity contribution < 1.29 is 0 Å². The van der Waals surface area contributed by atoms with Gasteiger partial charge in [0.25, 0.3) is 0 Å². The maximum absolute atomic E-state index is 4.58. The molecule has 0 atom stereocenters. The molecular formula is C17H15N3. The molecule has 0 bridgehead atoms. The maximum atomic E-state index is 4.58. The lowest BCUT2D eigenvalue weighted by atomic mass is 10.1. The number of nitrogens with zero attached hydrogens (tertiary/aromatic N) is 3. The van der Waals surface area contributed by atoms with Gasteiger partial charge in [-0.25, -0.2) is 4.98 Å². The molecule has 0 spiro atoms. The molecule has 0 saturated heterocycles. The third-order valence-corrected chi connectivity index (χ3v) is 3.80. The van der Waals surface area contributed by atoms with Gasteiger partial charge in [-0.15, -0.1) is 0 Å². The monoisotopic (exact) mass is 261 g/mol. The van der Waals surface area contributed by atoms with E-state index in [1.165, 1.54) is 27.5 Å². The van der Waals surface area contributed by atoms with E-state index in [1.807, 2.05) is 12.4 Å². The molecule has 0 unspecified atom stereocenters. The number of para-hydroxylation sites is 2. The molecule has 2 aromatic heterocycles. The Morgan fingerprint density at radius 3 is 2.40 bits per heavy atom. The number of hydrogen-bond donors (Lipinski definition) is 0. The standard InChI is InChI=1S/C17H15N3/c1-19(2)16-13-8-4-6-10-15(13)20-11-18-14-9-5-3-7-12(14)17(16)20/h3-11H,1-2H3. The summed E-state index contributed by atoms with van der Waals surface area (Å²) in [7, 11) is 4.19. The summed E-state index contributed by atoms with van der Waals surface area (Å²) in [5.74, 6) is 0. The first kappa shape index (κ1) is 11.3. The van der Waals surface area contributed by atoms with Crippen LogP contribution in [0.1, 0.15) is 0 Å². The number of benzene rings is 2. The highest BCUT2D eigenvalue weighted by molar-refractivity contribution is 6.12. The van der Waals surface area contributed by atoms with E-state index >= 15 is 0 Å². The van der Waals surface area contributed by atoms with Gasteiger partial charge in [0.15, 0.2) is 0 Å². The molecule has 2 heterocycles. The van der Waals surface area contributed by atoms with E-state index < -0.39 is 0 Å². The Hall–Kier alpha value is -2.55. The molecule has 0 radical (unpaired) electrons. The summed E-state index contributed by atoms with van der Waals surface area (Å²) in [6, 6.07) is 16.8. The van der Waals surface area contributed by atoms with Crippen LogP contribution in [0.15, 0.2) is 54.9 Å². The topological polar surface area (TPSA) is 20.5 Å². The van der Waals surface area contributed by atoms with Gasteiger partial charge in [-0.05, 0) is 12.1 Å². The van der Waals surface area contributed by atoms with Crippen LogP contribution in [0.2, 0.25) is 0 Å². The lowest BCUT2D eigenvalue weighted by Crippen LogP contribution is -2.08. The first-order chi connectivity index (χ1) is 9.77. The van der Waals surface area contributed by atoms with Gasteiger partial charge in [-0.3, -0.25) is 4.40 Å². The first-order valence-electron chi connectivity index (χ1n) is 6.71. The van der Waals surface area contributed by atoms with Crippen molar-refractivity contribution >= 4 is 33.0 Å². The lowest BCUT2D eigenvalue weighted by Gasteiger charge is -2.13. The predicted octanol–water partition coefficient (Wildman–Crippen LogP) is 3.71. The number of rotatable bonds is 1. The first-order valence-corrected chi connectivity index (χ1v) is 6.71. The van der Waals surface area contributed by atoms with Crippen molar-refractivity contribution in [3.63, 3.8) is 0 Å². The van der Waals surface area contributed by atoms with Crippen molar-refractivity contribution in [2.75, 3.05) is 19.0 Å². The van der Waals surface area contributed by atoms with Gasteiger partial charge in [0.1, 0.15) is 6.33 Å². The Morgan fingerprint density at radius 2 is 1.60 bits per heavy atom. The van der Waals surface area contributed by atoms with E-state index in [0.717, 1.165) is 5.52 Å². The van der Waals surface area contributed by atoms with Crippen LogP contribution in [0.4, 0.5) is 5.69 Å². The van der Waals surface area contributed by atoms with E-state index in [4.69, 9.17) is 0 Å². The highest BCUT2D eigenvalue weighted by Crippen LogP contribution is 2.36. The van der Waals surface area contributed by atoms with Crippen molar-refractivity contribution in [2.45, 2.75) is 0 Å². The van der Waals surface area contributed by atoms with Crippen LogP contribution in [-0.2, 0) is 0 Å². The van der Waals surface area contributed by atoms with Crippen molar-refractivity contribution in [2.24, 2.45) is 0 Å². The Labute approximate surface area is 117 Å². The van der Waals surface area contributed by atoms with Crippen molar-refractivity contribution in [3.05, 3.63) is 54.9 Å². The van der Waals surface area contributed by atoms with Crippen LogP contribution < -0.4 is 4.90 Å². The van der Waals surface area contributed by atoms with Gasteiger partial charge in [-0.2, -0.15) is 0 Å². The molecule has 98 valence electrons. The van der Waals surface area contributed by atoms with E-state index in [2.05, 4.69) is 70.8 Å². The SMILES string of the molecule is CN(C)c1c2ccccc2n2cnc3ccccc3c12. The minimum atomic E-state index is 1.03. The normalized spacial score (nSPS) is 11.5. The maximum Gasteiger partial charge on any atom is 0.100 e. The fourth-order valence-corrected chi connectivity index (χ4v) is 2.98. The summed E-state index contributed by atoms with van der Waals surface area (Å²) < 4.78 is 2.19. The molecule has 0 saturated carbocycles. The second-order valence-electron chi connectivity index (χ2n) is 5.24. The lowest BCUT2D eigenvalue weighted by molar-refractivity contribution is 1.13. The Kier molecular flexibility index (Phi) is 2.24. The van der Waals surface area contributed by atoms with Crippen LogP contribution in [0.5, 0.6) is 0 Å². The number of fused-ring (bicyclic) bond motifs is 5. The molecule has 2 aromatic carbocycles. The fraction of sp³-hybridized carbons (Fsp3) is 0.118. The van der Waals surface area contributed by atoms with Gasteiger partial charge in [-0.1, -0.05) is 36.4 Å². The van der Waals surface area contributed by atoms with Gasteiger partial charge in [0.2, 0.25) is 0 Å². The molecule has 3 nitrogen and oxygen atoms in total. The molecule has 0 aliphatic carbocycles. The van der Waals surface area contributed by atoms with E-state index in [1.54, 1.807) is 0 Å². The molecule has 0 amide bonds. The second-order valence-corrected chi connectivity index (χ2v) is 5.24. The highest BCUT2D eigenvalue weighted by atomic mass is 15.1. The zero-order valence-corrected chi connectivity index (χ0v) is 11.5. The average molecular weight is 261 g/mol. The van der Waals surface area contributed by atoms with E-state index in [0.29, 0.717) is 0 Å². The average Bonchev–Trinajstić information content (AvgIpc) is 2.82. The summed E-state index contributed by atoms with van der Waals surface area (Å²) >= 11 is 0. The van der Waals surface area contributed by atoms with Crippen LogP contribution in [-0.4, -0.2) is 23.5 Å². The Balaban J connectivity index is 2.36. The quantitative estimate of drug-likeness (QED) is 0.520. The summed E-state index contributed by atoms with van der Waals surface area (Å²) in [6.45, 7) is 0. The van der Waals surface area contributed by atoms with Crippen molar-refractivity contribution in [3.8, 4) is 0 Å². The second kappa shape index (κ2) is 3.97. The fourth-order valence-electron chi connectivity index (χ4n) is 2.98. The van der Waals surface area contributed by atoms with Gasteiger partial charge >= 0.3 is 0 Å². The molecule has 0 aliphatic rings. The summed E-state index contributed by atoms with van der Waals surface area (Å²) in [6.07, 6.45) is 1.92. The van der Waals surface area contributed by atoms with Crippen LogP contribution in [0.3, 0.4) is 0 Å². The highest BCUT2D eigenvalue weighted by Gasteiger charge is 2.15. The van der Waals surface area contributed by atoms with Gasteiger partial charge in [0, 0.05) is 24.9 Å². The van der Waals surface area contributed by atoms with Gasteiger partial charge < -0.3 is 4.90 Å². The minimum absolute atomic E-state index is 1.03. The number of aromatic nitrogens is 2. The molecule has 0 fully saturated rings. The van der Waals surface area contributed by atoms with E-state index in [-0.39, 0.29) is 0 Å². The zero-order valence-electron chi connectivity index (χ0n) is 11.5. The number of hydrogen-bond acceptors (Lipinski definition) is 2. The molecule has 3 heteroatoms. The van der Waals surface area contributed by atoms with Crippen LogP contribution >= 0.6 is 0 Å².